The zero-order valence-electron chi connectivity index (χ0n) is 17.1. The number of nitrogens with zero attached hydrogens (tertiary/aromatic N) is 4. The molecular weight excluding hydrogens is 376 g/mol. The largest absolute Gasteiger partial charge is 0.417 e. The van der Waals surface area contributed by atoms with E-state index in [4.69, 9.17) is 4.42 Å². The minimum atomic E-state index is -0.158. The summed E-state index contributed by atoms with van der Waals surface area (Å²) in [7, 11) is 0. The summed E-state index contributed by atoms with van der Waals surface area (Å²) in [6, 6.07) is 12.0. The Balaban J connectivity index is 1.34. The van der Waals surface area contributed by atoms with E-state index in [-0.39, 0.29) is 11.9 Å². The molecule has 0 bridgehead atoms. The van der Waals surface area contributed by atoms with E-state index in [1.54, 1.807) is 6.20 Å². The molecule has 1 saturated heterocycles. The van der Waals surface area contributed by atoms with E-state index in [2.05, 4.69) is 33.4 Å². The first-order chi connectivity index (χ1) is 14.8. The van der Waals surface area contributed by atoms with Gasteiger partial charge in [-0.3, -0.25) is 9.78 Å². The monoisotopic (exact) mass is 402 g/mol. The second-order valence-electron chi connectivity index (χ2n) is 8.25. The highest BCUT2D eigenvalue weighted by atomic mass is 16.4. The van der Waals surface area contributed by atoms with Gasteiger partial charge in [0.2, 0.25) is 11.8 Å². The van der Waals surface area contributed by atoms with Crippen molar-refractivity contribution in [1.29, 1.82) is 0 Å². The van der Waals surface area contributed by atoms with Crippen LogP contribution >= 0.6 is 0 Å². The lowest BCUT2D eigenvalue weighted by Gasteiger charge is -2.33. The fourth-order valence-corrected chi connectivity index (χ4v) is 4.62. The molecule has 1 atom stereocenters. The zero-order valence-corrected chi connectivity index (χ0v) is 17.1. The highest BCUT2D eigenvalue weighted by Crippen LogP contribution is 2.32. The summed E-state index contributed by atoms with van der Waals surface area (Å²) < 4.78 is 5.94. The summed E-state index contributed by atoms with van der Waals surface area (Å²) >= 11 is 0. The summed E-state index contributed by atoms with van der Waals surface area (Å²) in [5, 5.41) is 8.43. The van der Waals surface area contributed by atoms with Gasteiger partial charge in [0.05, 0.1) is 6.42 Å². The summed E-state index contributed by atoms with van der Waals surface area (Å²) in [4.78, 5) is 19.4. The Morgan fingerprint density at radius 3 is 2.80 bits per heavy atom. The van der Waals surface area contributed by atoms with Gasteiger partial charge < -0.3 is 9.32 Å². The van der Waals surface area contributed by atoms with Crippen molar-refractivity contribution >= 4 is 5.91 Å². The maximum absolute atomic E-state index is 13.2. The van der Waals surface area contributed by atoms with Gasteiger partial charge in [0.15, 0.2) is 0 Å². The number of fused-ring (bicyclic) bond motifs is 1. The fourth-order valence-electron chi connectivity index (χ4n) is 4.62. The molecule has 2 aliphatic rings. The SMILES string of the molecule is O=C(Cc1ccc2c(c1)CCCC2)N1CCCC[C@H]1c1nnc(-c2ccccn2)o1. The smallest absolute Gasteiger partial charge is 0.266 e. The maximum atomic E-state index is 13.2. The van der Waals surface area contributed by atoms with Gasteiger partial charge in [-0.15, -0.1) is 10.2 Å². The molecule has 6 heteroatoms. The molecular formula is C24H26N4O2. The average Bonchev–Trinajstić information content (AvgIpc) is 3.30. The van der Waals surface area contributed by atoms with Crippen molar-refractivity contribution in [2.45, 2.75) is 57.4 Å². The number of carbonyl (C=O) groups excluding carboxylic acids is 1. The number of aromatic nitrogens is 3. The molecule has 0 spiro atoms. The molecule has 1 aliphatic carbocycles. The Morgan fingerprint density at radius 1 is 1.03 bits per heavy atom. The van der Waals surface area contributed by atoms with Gasteiger partial charge >= 0.3 is 0 Å². The van der Waals surface area contributed by atoms with Gasteiger partial charge in [-0.05, 0) is 73.8 Å². The highest BCUT2D eigenvalue weighted by molar-refractivity contribution is 5.79. The van der Waals surface area contributed by atoms with Crippen LogP contribution in [0.5, 0.6) is 0 Å². The Hall–Kier alpha value is -3.02. The summed E-state index contributed by atoms with van der Waals surface area (Å²) in [6.07, 6.45) is 9.83. The van der Waals surface area contributed by atoms with Crippen molar-refractivity contribution in [3.05, 3.63) is 65.2 Å². The van der Waals surface area contributed by atoms with Gasteiger partial charge in [-0.2, -0.15) is 0 Å². The van der Waals surface area contributed by atoms with Crippen molar-refractivity contribution in [2.75, 3.05) is 6.54 Å². The van der Waals surface area contributed by atoms with E-state index in [1.165, 1.54) is 24.0 Å². The third-order valence-corrected chi connectivity index (χ3v) is 6.20. The lowest BCUT2D eigenvalue weighted by Crippen LogP contribution is -2.39. The van der Waals surface area contributed by atoms with Gasteiger partial charge in [-0.1, -0.05) is 24.3 Å². The van der Waals surface area contributed by atoms with E-state index < -0.39 is 0 Å². The molecule has 2 aromatic heterocycles. The molecule has 1 fully saturated rings. The first-order valence-electron chi connectivity index (χ1n) is 10.9. The molecule has 6 nitrogen and oxygen atoms in total. The fraction of sp³-hybridized carbons (Fsp3) is 0.417. The van der Waals surface area contributed by atoms with E-state index in [9.17, 15) is 4.79 Å². The third-order valence-electron chi connectivity index (χ3n) is 6.20. The molecule has 0 unspecified atom stereocenters. The van der Waals surface area contributed by atoms with Crippen molar-refractivity contribution in [3.8, 4) is 11.6 Å². The molecule has 3 aromatic rings. The molecule has 1 aliphatic heterocycles. The zero-order chi connectivity index (χ0) is 20.3. The normalized spacial score (nSPS) is 18.8. The quantitative estimate of drug-likeness (QED) is 0.650. The molecule has 30 heavy (non-hydrogen) atoms. The molecule has 3 heterocycles. The molecule has 1 aromatic carbocycles. The lowest BCUT2D eigenvalue weighted by molar-refractivity contribution is -0.134. The second-order valence-corrected chi connectivity index (χ2v) is 8.25. The van der Waals surface area contributed by atoms with Gasteiger partial charge in [0, 0.05) is 12.7 Å². The van der Waals surface area contributed by atoms with Crippen LogP contribution in [0.25, 0.3) is 11.6 Å². The van der Waals surface area contributed by atoms with E-state index in [0.29, 0.717) is 23.9 Å². The highest BCUT2D eigenvalue weighted by Gasteiger charge is 2.32. The first kappa shape index (κ1) is 19.0. The Kier molecular flexibility index (Phi) is 5.30. The predicted molar refractivity (Wildman–Crippen MR) is 113 cm³/mol. The Bertz CT molecular complexity index is 1030. The van der Waals surface area contributed by atoms with Gasteiger partial charge in [-0.25, -0.2) is 0 Å². The van der Waals surface area contributed by atoms with Crippen LogP contribution < -0.4 is 0 Å². The second kappa shape index (κ2) is 8.38. The number of piperidine rings is 1. The Morgan fingerprint density at radius 2 is 1.93 bits per heavy atom. The number of rotatable bonds is 4. The van der Waals surface area contributed by atoms with Crippen molar-refractivity contribution < 1.29 is 9.21 Å². The summed E-state index contributed by atoms with van der Waals surface area (Å²) in [5.74, 6) is 1.04. The van der Waals surface area contributed by atoms with Crippen LogP contribution in [0.3, 0.4) is 0 Å². The first-order valence-corrected chi connectivity index (χ1v) is 10.9. The van der Waals surface area contributed by atoms with Crippen LogP contribution in [0.4, 0.5) is 0 Å². The number of carbonyl (C=O) groups is 1. The molecule has 154 valence electrons. The summed E-state index contributed by atoms with van der Waals surface area (Å²) in [5.41, 5.74) is 4.61. The van der Waals surface area contributed by atoms with Crippen LogP contribution in [0.15, 0.2) is 47.0 Å². The number of hydrogen-bond donors (Lipinski definition) is 0. The summed E-state index contributed by atoms with van der Waals surface area (Å²) in [6.45, 7) is 0.732. The van der Waals surface area contributed by atoms with Crippen molar-refractivity contribution in [3.63, 3.8) is 0 Å². The van der Waals surface area contributed by atoms with E-state index >= 15 is 0 Å². The number of hydrogen-bond acceptors (Lipinski definition) is 5. The number of benzene rings is 1. The minimum Gasteiger partial charge on any atom is -0.417 e. The predicted octanol–water partition coefficient (Wildman–Crippen LogP) is 4.31. The van der Waals surface area contributed by atoms with E-state index in [0.717, 1.165) is 44.2 Å². The topological polar surface area (TPSA) is 72.1 Å². The van der Waals surface area contributed by atoms with Crippen LogP contribution in [-0.4, -0.2) is 32.5 Å². The maximum Gasteiger partial charge on any atom is 0.266 e. The number of pyridine rings is 1. The molecule has 1 amide bonds. The van der Waals surface area contributed by atoms with Gasteiger partial charge in [0.25, 0.3) is 5.89 Å². The van der Waals surface area contributed by atoms with Gasteiger partial charge in [0.1, 0.15) is 11.7 Å². The Labute approximate surface area is 176 Å². The van der Waals surface area contributed by atoms with Crippen LogP contribution in [0.1, 0.15) is 60.7 Å². The number of aryl methyl sites for hydroxylation is 2. The van der Waals surface area contributed by atoms with Crippen molar-refractivity contribution in [2.24, 2.45) is 0 Å². The van der Waals surface area contributed by atoms with Crippen LogP contribution in [-0.2, 0) is 24.1 Å². The number of likely N-dealkylation sites (tertiary alicyclic amines) is 1. The van der Waals surface area contributed by atoms with E-state index in [1.807, 2.05) is 23.1 Å². The molecule has 0 N–H and O–H groups in total. The number of amides is 1. The average molecular weight is 402 g/mol. The lowest BCUT2D eigenvalue weighted by atomic mass is 9.90. The molecule has 0 saturated carbocycles. The van der Waals surface area contributed by atoms with Crippen molar-refractivity contribution in [1.82, 2.24) is 20.1 Å². The molecule has 5 rings (SSSR count). The van der Waals surface area contributed by atoms with Crippen LogP contribution in [0.2, 0.25) is 0 Å². The third kappa shape index (κ3) is 3.86. The minimum absolute atomic E-state index is 0.132. The molecule has 0 radical (unpaired) electrons. The van der Waals surface area contributed by atoms with Crippen LogP contribution in [0, 0.1) is 0 Å². The standard InChI is InChI=1S/C24H26N4O2/c29-22(16-17-11-12-18-7-1-2-8-19(18)15-17)28-14-6-4-10-21(28)24-27-26-23(30-24)20-9-3-5-13-25-20/h3,5,9,11-13,15,21H,1-2,4,6-8,10,14,16H2/t21-/m0/s1.